The Kier molecular flexibility index (Phi) is 4.12. The molecule has 0 amide bonds. The summed E-state index contributed by atoms with van der Waals surface area (Å²) in [5.74, 6) is 1.09. The van der Waals surface area contributed by atoms with Gasteiger partial charge in [-0.2, -0.15) is 0 Å². The molecule has 0 saturated heterocycles. The first-order chi connectivity index (χ1) is 8.63. The standard InChI is InChI=1S/C15H17BrN2/c1-4-13-11(3)17-15(18-14(13)16)10(2)12-8-6-5-7-9-12/h5-10H,4H2,1-3H3. The molecular formula is C15H17BrN2. The maximum absolute atomic E-state index is 4.64. The summed E-state index contributed by atoms with van der Waals surface area (Å²) >= 11 is 3.55. The Hall–Kier alpha value is -1.22. The van der Waals surface area contributed by atoms with Crippen LogP contribution in [0, 0.1) is 6.92 Å². The number of benzene rings is 1. The van der Waals surface area contributed by atoms with E-state index in [1.807, 2.05) is 25.1 Å². The monoisotopic (exact) mass is 304 g/mol. The summed E-state index contributed by atoms with van der Waals surface area (Å²) in [6, 6.07) is 10.4. The highest BCUT2D eigenvalue weighted by Gasteiger charge is 2.14. The zero-order chi connectivity index (χ0) is 13.1. The van der Waals surface area contributed by atoms with Crippen molar-refractivity contribution in [3.8, 4) is 0 Å². The van der Waals surface area contributed by atoms with Crippen molar-refractivity contribution in [2.75, 3.05) is 0 Å². The molecule has 0 bridgehead atoms. The van der Waals surface area contributed by atoms with Crippen molar-refractivity contribution in [2.45, 2.75) is 33.1 Å². The number of aryl methyl sites for hydroxylation is 1. The molecule has 0 aliphatic heterocycles. The zero-order valence-corrected chi connectivity index (χ0v) is 12.5. The first-order valence-corrected chi connectivity index (χ1v) is 7.00. The van der Waals surface area contributed by atoms with Gasteiger partial charge in [-0.3, -0.25) is 0 Å². The summed E-state index contributed by atoms with van der Waals surface area (Å²) in [7, 11) is 0. The molecular weight excluding hydrogens is 288 g/mol. The molecule has 1 atom stereocenters. The van der Waals surface area contributed by atoms with Crippen molar-refractivity contribution in [3.05, 3.63) is 57.6 Å². The molecule has 0 N–H and O–H groups in total. The van der Waals surface area contributed by atoms with Crippen molar-refractivity contribution in [1.29, 1.82) is 0 Å². The van der Waals surface area contributed by atoms with Crippen molar-refractivity contribution in [2.24, 2.45) is 0 Å². The van der Waals surface area contributed by atoms with Crippen LogP contribution in [-0.2, 0) is 6.42 Å². The van der Waals surface area contributed by atoms with Crippen molar-refractivity contribution in [1.82, 2.24) is 9.97 Å². The SMILES string of the molecule is CCc1c(C)nc(C(C)c2ccccc2)nc1Br. The lowest BCUT2D eigenvalue weighted by molar-refractivity contribution is 0.786. The van der Waals surface area contributed by atoms with Gasteiger partial charge >= 0.3 is 0 Å². The van der Waals surface area contributed by atoms with E-state index in [9.17, 15) is 0 Å². The number of hydrogen-bond donors (Lipinski definition) is 0. The Morgan fingerprint density at radius 1 is 1.17 bits per heavy atom. The first kappa shape index (κ1) is 13.2. The highest BCUT2D eigenvalue weighted by atomic mass is 79.9. The molecule has 3 heteroatoms. The molecule has 2 aromatic rings. The van der Waals surface area contributed by atoms with E-state index in [1.54, 1.807) is 0 Å². The molecule has 0 aliphatic carbocycles. The molecule has 1 aromatic heterocycles. The van der Waals surface area contributed by atoms with Crippen molar-refractivity contribution >= 4 is 15.9 Å². The van der Waals surface area contributed by atoms with Crippen molar-refractivity contribution in [3.63, 3.8) is 0 Å². The lowest BCUT2D eigenvalue weighted by atomic mass is 10.0. The predicted octanol–water partition coefficient (Wildman–Crippen LogP) is 4.26. The molecule has 1 aromatic carbocycles. The third-order valence-corrected chi connectivity index (χ3v) is 3.88. The lowest BCUT2D eigenvalue weighted by Crippen LogP contribution is -2.07. The topological polar surface area (TPSA) is 25.8 Å². The molecule has 94 valence electrons. The minimum atomic E-state index is 0.215. The van der Waals surface area contributed by atoms with Crippen LogP contribution in [0.4, 0.5) is 0 Å². The van der Waals surface area contributed by atoms with Gasteiger partial charge in [0.1, 0.15) is 10.4 Å². The van der Waals surface area contributed by atoms with Crippen LogP contribution >= 0.6 is 15.9 Å². The van der Waals surface area contributed by atoms with Crippen LogP contribution in [-0.4, -0.2) is 9.97 Å². The van der Waals surface area contributed by atoms with E-state index in [0.29, 0.717) is 0 Å². The summed E-state index contributed by atoms with van der Waals surface area (Å²) in [6.07, 6.45) is 0.951. The summed E-state index contributed by atoms with van der Waals surface area (Å²) in [4.78, 5) is 9.23. The Balaban J connectivity index is 2.41. The largest absolute Gasteiger partial charge is 0.237 e. The minimum absolute atomic E-state index is 0.215. The Bertz CT molecular complexity index is 514. The van der Waals surface area contributed by atoms with Gasteiger partial charge in [0.25, 0.3) is 0 Å². The van der Waals surface area contributed by atoms with Crippen LogP contribution in [0.25, 0.3) is 0 Å². The van der Waals surface area contributed by atoms with Crippen LogP contribution in [0.3, 0.4) is 0 Å². The van der Waals surface area contributed by atoms with Gasteiger partial charge in [-0.25, -0.2) is 9.97 Å². The van der Waals surface area contributed by atoms with Gasteiger partial charge in [0, 0.05) is 17.2 Å². The molecule has 2 nitrogen and oxygen atoms in total. The number of aromatic nitrogens is 2. The van der Waals surface area contributed by atoms with Crippen molar-refractivity contribution < 1.29 is 0 Å². The second-order valence-electron chi connectivity index (χ2n) is 4.42. The molecule has 2 rings (SSSR count). The molecule has 0 fully saturated rings. The Morgan fingerprint density at radius 2 is 1.83 bits per heavy atom. The van der Waals surface area contributed by atoms with Gasteiger partial charge in [0.2, 0.25) is 0 Å². The minimum Gasteiger partial charge on any atom is -0.237 e. The smallest absolute Gasteiger partial charge is 0.137 e. The van der Waals surface area contributed by atoms with E-state index in [0.717, 1.165) is 22.5 Å². The second kappa shape index (κ2) is 5.61. The Morgan fingerprint density at radius 3 is 2.39 bits per heavy atom. The second-order valence-corrected chi connectivity index (χ2v) is 5.17. The van der Waals surface area contributed by atoms with Gasteiger partial charge in [0.15, 0.2) is 0 Å². The maximum Gasteiger partial charge on any atom is 0.137 e. The molecule has 0 spiro atoms. The van der Waals surface area contributed by atoms with Crippen LogP contribution in [0.15, 0.2) is 34.9 Å². The quantitative estimate of drug-likeness (QED) is 0.792. The molecule has 1 unspecified atom stereocenters. The molecule has 0 aliphatic rings. The maximum atomic E-state index is 4.64. The van der Waals surface area contributed by atoms with E-state index >= 15 is 0 Å². The predicted molar refractivity (Wildman–Crippen MR) is 77.8 cm³/mol. The average Bonchev–Trinajstić information content (AvgIpc) is 2.38. The zero-order valence-electron chi connectivity index (χ0n) is 10.9. The van der Waals surface area contributed by atoms with Crippen LogP contribution < -0.4 is 0 Å². The van der Waals surface area contributed by atoms with Gasteiger partial charge in [-0.15, -0.1) is 0 Å². The first-order valence-electron chi connectivity index (χ1n) is 6.21. The normalized spacial score (nSPS) is 12.4. The summed E-state index contributed by atoms with van der Waals surface area (Å²) in [5.41, 5.74) is 3.50. The summed E-state index contributed by atoms with van der Waals surface area (Å²) in [5, 5.41) is 0. The van der Waals surface area contributed by atoms with E-state index < -0.39 is 0 Å². The Labute approximate surface area is 117 Å². The van der Waals surface area contributed by atoms with Crippen LogP contribution in [0.5, 0.6) is 0 Å². The molecule has 0 saturated carbocycles. The summed E-state index contributed by atoms with van der Waals surface area (Å²) in [6.45, 7) is 6.31. The molecule has 1 heterocycles. The molecule has 0 radical (unpaired) electrons. The fraction of sp³-hybridized carbons (Fsp3) is 0.333. The highest BCUT2D eigenvalue weighted by Crippen LogP contribution is 2.25. The lowest BCUT2D eigenvalue weighted by Gasteiger charge is -2.13. The highest BCUT2D eigenvalue weighted by molar-refractivity contribution is 9.10. The van der Waals surface area contributed by atoms with Gasteiger partial charge < -0.3 is 0 Å². The van der Waals surface area contributed by atoms with Gasteiger partial charge in [-0.05, 0) is 34.8 Å². The van der Waals surface area contributed by atoms with Gasteiger partial charge in [0.05, 0.1) is 0 Å². The average molecular weight is 305 g/mol. The fourth-order valence-corrected chi connectivity index (χ4v) is 2.82. The van der Waals surface area contributed by atoms with Crippen LogP contribution in [0.1, 0.15) is 42.4 Å². The van der Waals surface area contributed by atoms with Gasteiger partial charge in [-0.1, -0.05) is 44.2 Å². The number of rotatable bonds is 3. The van der Waals surface area contributed by atoms with E-state index in [1.165, 1.54) is 11.1 Å². The van der Waals surface area contributed by atoms with E-state index in [2.05, 4.69) is 51.9 Å². The third-order valence-electron chi connectivity index (χ3n) is 3.22. The van der Waals surface area contributed by atoms with E-state index in [-0.39, 0.29) is 5.92 Å². The third kappa shape index (κ3) is 2.61. The fourth-order valence-electron chi connectivity index (χ4n) is 2.07. The number of nitrogens with zero attached hydrogens (tertiary/aromatic N) is 2. The van der Waals surface area contributed by atoms with Crippen LogP contribution in [0.2, 0.25) is 0 Å². The molecule has 18 heavy (non-hydrogen) atoms. The number of hydrogen-bond acceptors (Lipinski definition) is 2. The number of halogens is 1. The summed E-state index contributed by atoms with van der Waals surface area (Å²) < 4.78 is 0.926. The van der Waals surface area contributed by atoms with E-state index in [4.69, 9.17) is 0 Å².